The molecule has 2 unspecified atom stereocenters. The zero-order chi connectivity index (χ0) is 32.3. The number of terminal acetylenes is 1. The molecule has 3 aromatic carbocycles. The Morgan fingerprint density at radius 1 is 1.09 bits per heavy atom. The third-order valence-electron chi connectivity index (χ3n) is 10.6. The number of piperazine rings is 1. The highest BCUT2D eigenvalue weighted by molar-refractivity contribution is 6.04. The fourth-order valence-electron chi connectivity index (χ4n) is 7.98. The summed E-state index contributed by atoms with van der Waals surface area (Å²) in [6, 6.07) is 10.1. The maximum atomic E-state index is 16.9. The Kier molecular flexibility index (Phi) is 7.66. The largest absolute Gasteiger partial charge is 0.508 e. The summed E-state index contributed by atoms with van der Waals surface area (Å²) >= 11 is 0. The van der Waals surface area contributed by atoms with Crippen molar-refractivity contribution in [3.8, 4) is 35.2 Å². The zero-order valence-corrected chi connectivity index (χ0v) is 26.6. The molecule has 1 aliphatic carbocycles. The first-order valence-corrected chi connectivity index (χ1v) is 16.6. The van der Waals surface area contributed by atoms with E-state index in [9.17, 15) is 5.11 Å². The number of ether oxygens (including phenoxy) is 2. The van der Waals surface area contributed by atoms with E-state index in [0.717, 1.165) is 58.2 Å². The molecule has 3 saturated heterocycles. The maximum absolute atomic E-state index is 16.9. The number of halogens is 2. The van der Waals surface area contributed by atoms with Crippen LogP contribution in [-0.2, 0) is 4.74 Å². The van der Waals surface area contributed by atoms with Crippen LogP contribution < -0.4 is 15.0 Å². The van der Waals surface area contributed by atoms with Crippen molar-refractivity contribution < 1.29 is 23.4 Å². The van der Waals surface area contributed by atoms with Crippen LogP contribution in [0.5, 0.6) is 11.8 Å². The molecule has 3 atom stereocenters. The highest BCUT2D eigenvalue weighted by Crippen LogP contribution is 2.47. The summed E-state index contributed by atoms with van der Waals surface area (Å²) in [6.07, 6.45) is 12.4. The predicted molar refractivity (Wildman–Crippen MR) is 178 cm³/mol. The Labute approximate surface area is 273 Å². The molecule has 4 fully saturated rings. The molecule has 0 amide bonds. The molecule has 1 saturated carbocycles. The normalized spacial score (nSPS) is 23.7. The maximum Gasteiger partial charge on any atom is 0.319 e. The lowest BCUT2D eigenvalue weighted by molar-refractivity contribution is 0.0200. The SMILES string of the molecule is C#Cc1cccc2cc(O)cc(-c3c(F)cc4c(N5CC6CCC(C5)N6)nc(OCC5(CN6CCC[C@H](OC)C6)CC5)nc4c3F)c12. The molecular weight excluding hydrogens is 600 g/mol. The summed E-state index contributed by atoms with van der Waals surface area (Å²) in [4.78, 5) is 14.0. The summed E-state index contributed by atoms with van der Waals surface area (Å²) in [5.74, 6) is 1.36. The van der Waals surface area contributed by atoms with Crippen LogP contribution >= 0.6 is 0 Å². The molecule has 4 aromatic rings. The van der Waals surface area contributed by atoms with Crippen molar-refractivity contribution in [1.82, 2.24) is 20.2 Å². The minimum absolute atomic E-state index is 0.0130. The number of fused-ring (bicyclic) bond motifs is 4. The number of phenols is 1. The minimum atomic E-state index is -0.842. The number of aromatic nitrogens is 2. The molecule has 2 bridgehead atoms. The fraction of sp³-hybridized carbons (Fsp3) is 0.459. The zero-order valence-electron chi connectivity index (χ0n) is 26.6. The van der Waals surface area contributed by atoms with E-state index in [0.29, 0.717) is 47.2 Å². The Morgan fingerprint density at radius 3 is 2.64 bits per heavy atom. The number of anilines is 1. The third kappa shape index (κ3) is 5.64. The number of phenolic OH excluding ortho intramolecular Hbond substituents is 1. The number of piperidine rings is 1. The summed E-state index contributed by atoms with van der Waals surface area (Å²) in [6.45, 7) is 4.61. The van der Waals surface area contributed by atoms with Gasteiger partial charge in [-0.05, 0) is 74.7 Å². The average Bonchev–Trinajstić information content (AvgIpc) is 3.76. The average molecular weight is 640 g/mol. The lowest BCUT2D eigenvalue weighted by Gasteiger charge is -2.35. The van der Waals surface area contributed by atoms with Crippen molar-refractivity contribution in [2.75, 3.05) is 51.3 Å². The van der Waals surface area contributed by atoms with Crippen LogP contribution in [0.2, 0.25) is 0 Å². The molecule has 1 aromatic heterocycles. The van der Waals surface area contributed by atoms with Gasteiger partial charge in [-0.2, -0.15) is 9.97 Å². The van der Waals surface area contributed by atoms with E-state index in [1.54, 1.807) is 25.3 Å². The molecule has 0 spiro atoms. The molecule has 0 radical (unpaired) electrons. The second kappa shape index (κ2) is 11.9. The van der Waals surface area contributed by atoms with Crippen molar-refractivity contribution >= 4 is 27.5 Å². The first-order chi connectivity index (χ1) is 22.8. The molecule has 47 heavy (non-hydrogen) atoms. The quantitative estimate of drug-likeness (QED) is 0.241. The van der Waals surface area contributed by atoms with Gasteiger partial charge in [-0.1, -0.05) is 18.1 Å². The van der Waals surface area contributed by atoms with E-state index in [1.807, 2.05) is 0 Å². The minimum Gasteiger partial charge on any atom is -0.508 e. The third-order valence-corrected chi connectivity index (χ3v) is 10.6. The van der Waals surface area contributed by atoms with Gasteiger partial charge >= 0.3 is 6.01 Å². The number of nitrogens with zero attached hydrogens (tertiary/aromatic N) is 4. The first-order valence-electron chi connectivity index (χ1n) is 16.6. The lowest BCUT2D eigenvalue weighted by Crippen LogP contribution is -2.51. The summed E-state index contributed by atoms with van der Waals surface area (Å²) < 4.78 is 45.1. The van der Waals surface area contributed by atoms with Crippen molar-refractivity contribution in [3.05, 3.63) is 53.6 Å². The summed E-state index contributed by atoms with van der Waals surface area (Å²) in [7, 11) is 1.77. The van der Waals surface area contributed by atoms with Crippen LogP contribution in [0, 0.1) is 29.4 Å². The van der Waals surface area contributed by atoms with E-state index >= 15 is 8.78 Å². The van der Waals surface area contributed by atoms with Crippen LogP contribution in [0.25, 0.3) is 32.8 Å². The first kappa shape index (κ1) is 30.3. The van der Waals surface area contributed by atoms with Crippen molar-refractivity contribution in [2.45, 2.75) is 56.7 Å². The number of benzene rings is 3. The fourth-order valence-corrected chi connectivity index (χ4v) is 7.98. The number of rotatable bonds is 8. The van der Waals surface area contributed by atoms with Gasteiger partial charge in [0.1, 0.15) is 22.9 Å². The van der Waals surface area contributed by atoms with Crippen LogP contribution in [0.15, 0.2) is 36.4 Å². The smallest absolute Gasteiger partial charge is 0.319 e. The van der Waals surface area contributed by atoms with Gasteiger partial charge in [0.25, 0.3) is 0 Å². The van der Waals surface area contributed by atoms with Crippen LogP contribution in [0.4, 0.5) is 14.6 Å². The molecule has 8 nitrogen and oxygen atoms in total. The van der Waals surface area contributed by atoms with E-state index < -0.39 is 11.6 Å². The molecular formula is C37H39F2N5O3. The van der Waals surface area contributed by atoms with Gasteiger partial charge in [-0.25, -0.2) is 8.78 Å². The molecule has 4 heterocycles. The lowest BCUT2D eigenvalue weighted by atomic mass is 9.93. The number of likely N-dealkylation sites (tertiary alicyclic amines) is 1. The van der Waals surface area contributed by atoms with Gasteiger partial charge < -0.3 is 29.7 Å². The number of nitrogens with one attached hydrogen (secondary N) is 1. The Morgan fingerprint density at radius 2 is 1.89 bits per heavy atom. The van der Waals surface area contributed by atoms with E-state index in [4.69, 9.17) is 20.9 Å². The van der Waals surface area contributed by atoms with Crippen molar-refractivity contribution in [3.63, 3.8) is 0 Å². The van der Waals surface area contributed by atoms with Crippen molar-refractivity contribution in [1.29, 1.82) is 0 Å². The Bertz CT molecular complexity index is 1900. The molecule has 2 N–H and O–H groups in total. The second-order valence-electron chi connectivity index (χ2n) is 13.9. The number of hydrogen-bond acceptors (Lipinski definition) is 8. The van der Waals surface area contributed by atoms with E-state index in [2.05, 4.69) is 26.0 Å². The van der Waals surface area contributed by atoms with E-state index in [-0.39, 0.29) is 52.0 Å². The number of hydrogen-bond donors (Lipinski definition) is 2. The molecule has 244 valence electrons. The van der Waals surface area contributed by atoms with Gasteiger partial charge in [0.2, 0.25) is 0 Å². The highest BCUT2D eigenvalue weighted by Gasteiger charge is 2.46. The molecule has 10 heteroatoms. The number of methoxy groups -OCH3 is 1. The molecule has 8 rings (SSSR count). The number of aromatic hydroxyl groups is 1. The molecule has 4 aliphatic rings. The summed E-state index contributed by atoms with van der Waals surface area (Å²) in [5.41, 5.74) is 0.307. The van der Waals surface area contributed by atoms with E-state index in [1.165, 1.54) is 18.2 Å². The van der Waals surface area contributed by atoms with Gasteiger partial charge in [0.05, 0.1) is 18.3 Å². The second-order valence-corrected chi connectivity index (χ2v) is 13.9. The Hall–Kier alpha value is -4.04. The predicted octanol–water partition coefficient (Wildman–Crippen LogP) is 5.63. The standard InChI is InChI=1S/C37H39F2N5O3/c1-3-22-6-4-7-23-14-26(45)15-28(31(22)23)32-30(38)16-29-34(33(32)39)41-36(42-35(29)44-17-24-9-10-25(18-44)40-24)47-21-37(11-12-37)20-43-13-5-8-27(19-43)46-2/h1,4,6-7,14-16,24-25,27,40,45H,5,8-13,17-21H2,2H3/t24?,25?,27-/m0/s1. The van der Waals surface area contributed by atoms with Crippen molar-refractivity contribution in [2.24, 2.45) is 5.41 Å². The van der Waals surface area contributed by atoms with Gasteiger partial charge in [-0.3, -0.25) is 0 Å². The topological polar surface area (TPSA) is 83.0 Å². The summed E-state index contributed by atoms with van der Waals surface area (Å²) in [5, 5.41) is 15.6. The van der Waals surface area contributed by atoms with Gasteiger partial charge in [0.15, 0.2) is 5.82 Å². The molecule has 3 aliphatic heterocycles. The van der Waals surface area contributed by atoms with Crippen LogP contribution in [-0.4, -0.2) is 84.6 Å². The van der Waals surface area contributed by atoms with Crippen LogP contribution in [0.1, 0.15) is 44.1 Å². The Balaban J connectivity index is 1.21. The van der Waals surface area contributed by atoms with Crippen LogP contribution in [0.3, 0.4) is 0 Å². The van der Waals surface area contributed by atoms with Gasteiger partial charge in [-0.15, -0.1) is 6.42 Å². The highest BCUT2D eigenvalue weighted by atomic mass is 19.1. The monoisotopic (exact) mass is 639 g/mol. The van der Waals surface area contributed by atoms with Gasteiger partial charge in [0, 0.05) is 72.7 Å².